The molecule has 0 amide bonds. The maximum Gasteiger partial charge on any atom is 0.261 e. The molecule has 162 valence electrons. The van der Waals surface area contributed by atoms with Gasteiger partial charge in [0.25, 0.3) is 10.0 Å². The average Bonchev–Trinajstić information content (AvgIpc) is 2.71. The predicted molar refractivity (Wildman–Crippen MR) is 132 cm³/mol. The van der Waals surface area contributed by atoms with Crippen molar-refractivity contribution < 1.29 is 8.42 Å². The molecule has 0 aliphatic carbocycles. The van der Waals surface area contributed by atoms with E-state index in [1.54, 1.807) is 24.3 Å². The zero-order chi connectivity index (χ0) is 22.6. The van der Waals surface area contributed by atoms with Gasteiger partial charge in [-0.1, -0.05) is 48.0 Å². The van der Waals surface area contributed by atoms with E-state index in [-0.39, 0.29) is 10.9 Å². The Kier molecular flexibility index (Phi) is 6.97. The molecule has 0 fully saturated rings. The first-order valence-corrected chi connectivity index (χ1v) is 11.9. The van der Waals surface area contributed by atoms with Crippen LogP contribution in [0.4, 0.5) is 11.4 Å². The lowest BCUT2D eigenvalue weighted by Crippen LogP contribution is -2.30. The second kappa shape index (κ2) is 9.49. The Bertz CT molecular complexity index is 1150. The van der Waals surface area contributed by atoms with Crippen molar-refractivity contribution in [1.82, 2.24) is 5.32 Å². The molecule has 0 saturated heterocycles. The van der Waals surface area contributed by atoms with E-state index in [1.165, 1.54) is 0 Å². The molecule has 1 atom stereocenters. The Morgan fingerprint density at radius 3 is 2.06 bits per heavy atom. The smallest absolute Gasteiger partial charge is 0.261 e. The van der Waals surface area contributed by atoms with Crippen molar-refractivity contribution in [3.8, 4) is 0 Å². The molecular weight excluding hydrogens is 426 g/mol. The molecule has 0 radical (unpaired) electrons. The molecule has 31 heavy (non-hydrogen) atoms. The van der Waals surface area contributed by atoms with E-state index in [9.17, 15) is 8.42 Å². The molecule has 0 spiro atoms. The molecule has 0 saturated carbocycles. The Labute approximate surface area is 190 Å². The van der Waals surface area contributed by atoms with Crippen molar-refractivity contribution in [2.24, 2.45) is 0 Å². The van der Waals surface area contributed by atoms with Gasteiger partial charge in [0.15, 0.2) is 5.11 Å². The van der Waals surface area contributed by atoms with Crippen LogP contribution < -0.4 is 15.4 Å². The van der Waals surface area contributed by atoms with Gasteiger partial charge in [-0.05, 0) is 80.9 Å². The molecule has 3 rings (SSSR count). The van der Waals surface area contributed by atoms with Crippen molar-refractivity contribution in [2.75, 3.05) is 10.0 Å². The standard InChI is InChI=1S/C24H27N3O2S2/c1-16-14-17(2)23(18(3)15-16)27-31(28,29)22-12-10-21(11-13-22)26-24(30)25-19(4)20-8-6-5-7-9-20/h5-15,19,27H,1-4H3,(H2,25,26,30). The lowest BCUT2D eigenvalue weighted by Gasteiger charge is -2.18. The summed E-state index contributed by atoms with van der Waals surface area (Å²) in [5.74, 6) is 0. The lowest BCUT2D eigenvalue weighted by atomic mass is 10.1. The molecule has 1 unspecified atom stereocenters. The van der Waals surface area contributed by atoms with Gasteiger partial charge in [-0.3, -0.25) is 4.72 Å². The van der Waals surface area contributed by atoms with E-state index in [0.29, 0.717) is 16.5 Å². The first kappa shape index (κ1) is 22.8. The Morgan fingerprint density at radius 1 is 0.903 bits per heavy atom. The molecule has 7 heteroatoms. The molecule has 3 N–H and O–H groups in total. The third-order valence-electron chi connectivity index (χ3n) is 4.98. The Morgan fingerprint density at radius 2 is 1.48 bits per heavy atom. The normalized spacial score (nSPS) is 12.1. The van der Waals surface area contributed by atoms with Gasteiger partial charge < -0.3 is 10.6 Å². The summed E-state index contributed by atoms with van der Waals surface area (Å²) in [6, 6.07) is 20.5. The van der Waals surface area contributed by atoms with E-state index >= 15 is 0 Å². The van der Waals surface area contributed by atoms with Gasteiger partial charge in [-0.15, -0.1) is 0 Å². The van der Waals surface area contributed by atoms with Crippen molar-refractivity contribution in [3.63, 3.8) is 0 Å². The average molecular weight is 454 g/mol. The van der Waals surface area contributed by atoms with E-state index in [1.807, 2.05) is 70.2 Å². The van der Waals surface area contributed by atoms with E-state index in [2.05, 4.69) is 15.4 Å². The third-order valence-corrected chi connectivity index (χ3v) is 6.57. The fourth-order valence-electron chi connectivity index (χ4n) is 3.44. The first-order valence-electron chi connectivity index (χ1n) is 9.99. The van der Waals surface area contributed by atoms with Crippen LogP contribution in [-0.2, 0) is 10.0 Å². The highest BCUT2D eigenvalue weighted by Gasteiger charge is 2.17. The molecule has 5 nitrogen and oxygen atoms in total. The summed E-state index contributed by atoms with van der Waals surface area (Å²) < 4.78 is 28.4. The monoisotopic (exact) mass is 453 g/mol. The maximum absolute atomic E-state index is 12.9. The highest BCUT2D eigenvalue weighted by atomic mass is 32.2. The number of aryl methyl sites for hydroxylation is 3. The third kappa shape index (κ3) is 5.83. The van der Waals surface area contributed by atoms with Crippen molar-refractivity contribution in [1.29, 1.82) is 0 Å². The number of benzene rings is 3. The van der Waals surface area contributed by atoms with Gasteiger partial charge in [-0.2, -0.15) is 0 Å². The SMILES string of the molecule is Cc1cc(C)c(NS(=O)(=O)c2ccc(NC(=S)NC(C)c3ccccc3)cc2)c(C)c1. The summed E-state index contributed by atoms with van der Waals surface area (Å²) in [4.78, 5) is 0.189. The summed E-state index contributed by atoms with van der Waals surface area (Å²) in [7, 11) is -3.70. The van der Waals surface area contributed by atoms with Crippen LogP contribution in [0.1, 0.15) is 35.2 Å². The largest absolute Gasteiger partial charge is 0.356 e. The summed E-state index contributed by atoms with van der Waals surface area (Å²) >= 11 is 5.39. The second-order valence-corrected chi connectivity index (χ2v) is 9.73. The number of hydrogen-bond acceptors (Lipinski definition) is 3. The lowest BCUT2D eigenvalue weighted by molar-refractivity contribution is 0.601. The van der Waals surface area contributed by atoms with E-state index in [0.717, 1.165) is 22.3 Å². The number of rotatable bonds is 6. The van der Waals surface area contributed by atoms with Crippen LogP contribution in [0.2, 0.25) is 0 Å². The predicted octanol–water partition coefficient (Wildman–Crippen LogP) is 5.46. The quantitative estimate of drug-likeness (QED) is 0.432. The van der Waals surface area contributed by atoms with E-state index < -0.39 is 10.0 Å². The molecular formula is C24H27N3O2S2. The van der Waals surface area contributed by atoms with Crippen LogP contribution in [-0.4, -0.2) is 13.5 Å². The molecule has 0 bridgehead atoms. The van der Waals surface area contributed by atoms with Crippen LogP contribution in [0, 0.1) is 20.8 Å². The maximum atomic E-state index is 12.9. The van der Waals surface area contributed by atoms with Crippen LogP contribution in [0.25, 0.3) is 0 Å². The van der Waals surface area contributed by atoms with Gasteiger partial charge in [0.1, 0.15) is 0 Å². The van der Waals surface area contributed by atoms with Crippen molar-refractivity contribution in [3.05, 3.63) is 89.0 Å². The minimum atomic E-state index is -3.70. The number of hydrogen-bond donors (Lipinski definition) is 3. The van der Waals surface area contributed by atoms with Gasteiger partial charge in [0, 0.05) is 5.69 Å². The van der Waals surface area contributed by atoms with Crippen LogP contribution in [0.5, 0.6) is 0 Å². The summed E-state index contributed by atoms with van der Waals surface area (Å²) in [5.41, 5.74) is 5.33. The Balaban J connectivity index is 1.67. The first-order chi connectivity index (χ1) is 14.7. The van der Waals surface area contributed by atoms with Crippen LogP contribution >= 0.6 is 12.2 Å². The fraction of sp³-hybridized carbons (Fsp3) is 0.208. The number of nitrogens with one attached hydrogen (secondary N) is 3. The van der Waals surface area contributed by atoms with Gasteiger partial charge >= 0.3 is 0 Å². The van der Waals surface area contributed by atoms with Crippen molar-refractivity contribution in [2.45, 2.75) is 38.6 Å². The fourth-order valence-corrected chi connectivity index (χ4v) is 4.94. The highest BCUT2D eigenvalue weighted by molar-refractivity contribution is 7.92. The van der Waals surface area contributed by atoms with Gasteiger partial charge in [-0.25, -0.2) is 8.42 Å². The molecule has 3 aromatic rings. The topological polar surface area (TPSA) is 70.2 Å². The zero-order valence-corrected chi connectivity index (χ0v) is 19.7. The molecule has 0 heterocycles. The number of thiocarbonyl (C=S) groups is 1. The van der Waals surface area contributed by atoms with E-state index in [4.69, 9.17) is 12.2 Å². The molecule has 0 aliphatic rings. The minimum absolute atomic E-state index is 0.0473. The summed E-state index contributed by atoms with van der Waals surface area (Å²) in [6.45, 7) is 7.81. The van der Waals surface area contributed by atoms with Crippen molar-refractivity contribution >= 4 is 38.7 Å². The molecule has 0 aliphatic heterocycles. The summed E-state index contributed by atoms with van der Waals surface area (Å²) in [5, 5.41) is 6.80. The highest BCUT2D eigenvalue weighted by Crippen LogP contribution is 2.25. The van der Waals surface area contributed by atoms with Gasteiger partial charge in [0.05, 0.1) is 16.6 Å². The molecule has 0 aromatic heterocycles. The minimum Gasteiger partial charge on any atom is -0.356 e. The second-order valence-electron chi connectivity index (χ2n) is 7.63. The van der Waals surface area contributed by atoms with Crippen LogP contribution in [0.3, 0.4) is 0 Å². The number of sulfonamides is 1. The van der Waals surface area contributed by atoms with Crippen LogP contribution in [0.15, 0.2) is 71.6 Å². The number of anilines is 2. The summed E-state index contributed by atoms with van der Waals surface area (Å²) in [6.07, 6.45) is 0. The Hall–Kier alpha value is -2.90. The molecule has 3 aromatic carbocycles. The van der Waals surface area contributed by atoms with Gasteiger partial charge in [0.2, 0.25) is 0 Å². The zero-order valence-electron chi connectivity index (χ0n) is 18.1.